The minimum absolute atomic E-state index is 0.000646. The second-order valence-corrected chi connectivity index (χ2v) is 15.5. The molecule has 6 nitrogen and oxygen atoms in total. The van der Waals surface area contributed by atoms with E-state index in [1.807, 2.05) is 20.8 Å². The van der Waals surface area contributed by atoms with E-state index in [0.717, 1.165) is 78.3 Å². The van der Waals surface area contributed by atoms with Crippen molar-refractivity contribution in [2.45, 2.75) is 78.4 Å². The quantitative estimate of drug-likeness (QED) is 0.211. The number of benzene rings is 4. The van der Waals surface area contributed by atoms with Crippen LogP contribution in [0.5, 0.6) is 5.75 Å². The lowest BCUT2D eigenvalue weighted by Crippen LogP contribution is -2.43. The third kappa shape index (κ3) is 6.80. The average Bonchev–Trinajstić information content (AvgIpc) is 3.44. The Morgan fingerprint density at radius 1 is 0.959 bits per heavy atom. The number of carboxylic acid groups (broad SMARTS) is 1. The molecule has 3 aliphatic heterocycles. The van der Waals surface area contributed by atoms with Crippen molar-refractivity contribution in [2.75, 3.05) is 42.3 Å². The highest BCUT2D eigenvalue weighted by atomic mass is 32.2. The number of aryl methyl sites for hydroxylation is 1. The molecule has 0 aliphatic carbocycles. The molecule has 0 radical (unpaired) electrons. The molecule has 0 saturated carbocycles. The van der Waals surface area contributed by atoms with Crippen LogP contribution in [0, 0.1) is 20.8 Å². The van der Waals surface area contributed by atoms with Gasteiger partial charge in [0, 0.05) is 48.7 Å². The fourth-order valence-electron chi connectivity index (χ4n) is 7.62. The second-order valence-electron chi connectivity index (χ2n) is 14.7. The first-order chi connectivity index (χ1) is 23.4. The minimum Gasteiger partial charge on any atom is -0.492 e. The average molecular weight is 679 g/mol. The normalized spacial score (nSPS) is 15.9. The molecular formula is C42H50N2O4S. The summed E-state index contributed by atoms with van der Waals surface area (Å²) >= 11 is 1.71. The standard InChI is InChI=1S/C37H38N2O3S.C5H12O/c1-23-9-11-26(12-10-23)34-25(3)35-30-19-28(38-17-15-37(16-18-38)22-42-32-8-6-5-7-31(32)37)14-13-27(30)21-39(43-4)36(35)24(2)29(34)20-33(40)41;1-5(2,3)6-4/h5-14,19H,15-18,20-22H2,1-4H3,(H,40,41);1-4H3. The number of aliphatic carboxylic acids is 1. The van der Waals surface area contributed by atoms with Gasteiger partial charge in [0.15, 0.2) is 0 Å². The van der Waals surface area contributed by atoms with Gasteiger partial charge >= 0.3 is 5.97 Å². The molecule has 1 spiro atoms. The number of methoxy groups -OCH3 is 1. The Balaban J connectivity index is 0.000000639. The monoisotopic (exact) mass is 678 g/mol. The molecule has 4 aromatic carbocycles. The van der Waals surface area contributed by atoms with Gasteiger partial charge in [-0.1, -0.05) is 66.0 Å². The van der Waals surface area contributed by atoms with E-state index in [-0.39, 0.29) is 17.4 Å². The highest BCUT2D eigenvalue weighted by Crippen LogP contribution is 2.51. The molecular weight excluding hydrogens is 629 g/mol. The molecule has 7 rings (SSSR count). The summed E-state index contributed by atoms with van der Waals surface area (Å²) in [4.78, 5) is 14.7. The molecule has 258 valence electrons. The molecule has 0 amide bonds. The topological polar surface area (TPSA) is 62.2 Å². The molecule has 3 aliphatic rings. The Kier molecular flexibility index (Phi) is 9.80. The van der Waals surface area contributed by atoms with E-state index in [2.05, 4.69) is 103 Å². The highest BCUT2D eigenvalue weighted by Gasteiger charge is 2.43. The zero-order valence-corrected chi connectivity index (χ0v) is 31.1. The second kappa shape index (κ2) is 13.8. The minimum atomic E-state index is -0.803. The van der Waals surface area contributed by atoms with Gasteiger partial charge in [0.1, 0.15) is 5.75 Å². The van der Waals surface area contributed by atoms with E-state index >= 15 is 0 Å². The number of fused-ring (bicyclic) bond motifs is 5. The van der Waals surface area contributed by atoms with Crippen molar-refractivity contribution in [3.05, 3.63) is 100 Å². The lowest BCUT2D eigenvalue weighted by atomic mass is 9.74. The van der Waals surface area contributed by atoms with E-state index in [0.29, 0.717) is 0 Å². The molecule has 4 aromatic rings. The van der Waals surface area contributed by atoms with Crippen molar-refractivity contribution in [1.29, 1.82) is 0 Å². The van der Waals surface area contributed by atoms with Crippen LogP contribution in [-0.2, 0) is 27.9 Å². The molecule has 1 N–H and O–H groups in total. The maximum atomic E-state index is 12.1. The van der Waals surface area contributed by atoms with Crippen molar-refractivity contribution >= 4 is 29.3 Å². The number of hydrogen-bond acceptors (Lipinski definition) is 6. The Morgan fingerprint density at radius 2 is 1.63 bits per heavy atom. The van der Waals surface area contributed by atoms with Crippen LogP contribution >= 0.6 is 11.9 Å². The van der Waals surface area contributed by atoms with Gasteiger partial charge in [-0.15, -0.1) is 0 Å². The lowest BCUT2D eigenvalue weighted by molar-refractivity contribution is -0.136. The first-order valence-corrected chi connectivity index (χ1v) is 18.5. The summed E-state index contributed by atoms with van der Waals surface area (Å²) in [5.41, 5.74) is 14.2. The molecule has 0 unspecified atom stereocenters. The van der Waals surface area contributed by atoms with E-state index in [4.69, 9.17) is 9.47 Å². The van der Waals surface area contributed by atoms with Crippen LogP contribution < -0.4 is 13.9 Å². The number of carbonyl (C=O) groups is 1. The summed E-state index contributed by atoms with van der Waals surface area (Å²) in [6.07, 6.45) is 4.26. The van der Waals surface area contributed by atoms with Gasteiger partial charge < -0.3 is 23.8 Å². The van der Waals surface area contributed by atoms with Crippen molar-refractivity contribution in [2.24, 2.45) is 0 Å². The number of nitrogens with zero attached hydrogens (tertiary/aromatic N) is 2. The number of anilines is 2. The zero-order chi connectivity index (χ0) is 35.1. The summed E-state index contributed by atoms with van der Waals surface area (Å²) in [5, 5.41) is 9.96. The maximum absolute atomic E-state index is 12.1. The summed E-state index contributed by atoms with van der Waals surface area (Å²) < 4.78 is 13.4. The summed E-state index contributed by atoms with van der Waals surface area (Å²) in [7, 11) is 1.71. The molecule has 49 heavy (non-hydrogen) atoms. The van der Waals surface area contributed by atoms with E-state index in [9.17, 15) is 9.90 Å². The number of hydrogen-bond donors (Lipinski definition) is 1. The van der Waals surface area contributed by atoms with E-state index in [1.165, 1.54) is 33.5 Å². The largest absolute Gasteiger partial charge is 0.492 e. The van der Waals surface area contributed by atoms with E-state index < -0.39 is 5.97 Å². The van der Waals surface area contributed by atoms with Crippen molar-refractivity contribution in [3.8, 4) is 28.0 Å². The molecule has 0 aromatic heterocycles. The number of piperidine rings is 1. The van der Waals surface area contributed by atoms with Crippen LogP contribution in [0.15, 0.2) is 66.7 Å². The SMILES string of the molecule is COC(C)(C)C.CSN1Cc2ccc(N3CCC4(CC3)COc3ccccc34)cc2-c2c(C)c(-c3ccc(C)cc3)c(CC(=O)O)c(C)c21. The third-order valence-corrected chi connectivity index (χ3v) is 11.3. The first kappa shape index (κ1) is 34.9. The smallest absolute Gasteiger partial charge is 0.307 e. The molecule has 0 atom stereocenters. The summed E-state index contributed by atoms with van der Waals surface area (Å²) in [6.45, 7) is 16.0. The lowest BCUT2D eigenvalue weighted by Gasteiger charge is -2.40. The summed E-state index contributed by atoms with van der Waals surface area (Å²) in [6, 6.07) is 24.1. The van der Waals surface area contributed by atoms with Gasteiger partial charge in [-0.3, -0.25) is 4.79 Å². The van der Waals surface area contributed by atoms with Crippen LogP contribution in [0.1, 0.15) is 67.0 Å². The number of para-hydroxylation sites is 1. The molecule has 3 heterocycles. The molecule has 0 bridgehead atoms. The maximum Gasteiger partial charge on any atom is 0.307 e. The predicted octanol–water partition coefficient (Wildman–Crippen LogP) is 9.53. The van der Waals surface area contributed by atoms with E-state index in [1.54, 1.807) is 19.1 Å². The van der Waals surface area contributed by atoms with Gasteiger partial charge in [0.2, 0.25) is 0 Å². The fraction of sp³-hybridized carbons (Fsp3) is 0.405. The number of carboxylic acids is 1. The number of rotatable bonds is 5. The van der Waals surface area contributed by atoms with Gasteiger partial charge in [-0.2, -0.15) is 0 Å². The molecule has 1 saturated heterocycles. The zero-order valence-electron chi connectivity index (χ0n) is 30.3. The van der Waals surface area contributed by atoms with Crippen LogP contribution in [0.4, 0.5) is 11.4 Å². The molecule has 7 heteroatoms. The Bertz CT molecular complexity index is 1850. The van der Waals surface area contributed by atoms with Crippen molar-refractivity contribution in [1.82, 2.24) is 0 Å². The predicted molar refractivity (Wildman–Crippen MR) is 204 cm³/mol. The Labute approximate surface area is 296 Å². The fourth-order valence-corrected chi connectivity index (χ4v) is 8.30. The van der Waals surface area contributed by atoms with Crippen molar-refractivity contribution in [3.63, 3.8) is 0 Å². The van der Waals surface area contributed by atoms with Crippen LogP contribution in [0.3, 0.4) is 0 Å². The third-order valence-electron chi connectivity index (χ3n) is 10.6. The Morgan fingerprint density at radius 3 is 2.27 bits per heavy atom. The first-order valence-electron chi connectivity index (χ1n) is 17.3. The van der Waals surface area contributed by atoms with Gasteiger partial charge in [-0.05, 0) is 112 Å². The van der Waals surface area contributed by atoms with Gasteiger partial charge in [0.25, 0.3) is 0 Å². The molecule has 1 fully saturated rings. The highest BCUT2D eigenvalue weighted by molar-refractivity contribution is 7.99. The van der Waals surface area contributed by atoms with Crippen molar-refractivity contribution < 1.29 is 19.4 Å². The summed E-state index contributed by atoms with van der Waals surface area (Å²) in [5.74, 6) is 0.250. The number of ether oxygens (including phenoxy) is 2. The van der Waals surface area contributed by atoms with Crippen LogP contribution in [0.2, 0.25) is 0 Å². The Hall–Kier alpha value is -3.94. The van der Waals surface area contributed by atoms with Crippen LogP contribution in [0.25, 0.3) is 22.3 Å². The van der Waals surface area contributed by atoms with Crippen LogP contribution in [-0.4, -0.2) is 49.7 Å². The van der Waals surface area contributed by atoms with Gasteiger partial charge in [0.05, 0.1) is 30.9 Å². The van der Waals surface area contributed by atoms with Gasteiger partial charge in [-0.25, -0.2) is 0 Å².